The summed E-state index contributed by atoms with van der Waals surface area (Å²) in [6.45, 7) is 13.0. The molecule has 0 saturated carbocycles. The zero-order valence-electron chi connectivity index (χ0n) is 17.6. The first-order valence-corrected chi connectivity index (χ1v) is 10.5. The third-order valence-corrected chi connectivity index (χ3v) is 5.09. The smallest absolute Gasteiger partial charge is 0.222 e. The number of rotatable bonds is 7. The lowest BCUT2D eigenvalue weighted by molar-refractivity contribution is 0.311. The van der Waals surface area contributed by atoms with Crippen LogP contribution in [0.3, 0.4) is 0 Å². The molecule has 1 aliphatic heterocycles. The molecule has 0 aliphatic carbocycles. The summed E-state index contributed by atoms with van der Waals surface area (Å²) in [5.41, 5.74) is 4.74. The van der Waals surface area contributed by atoms with Crippen molar-refractivity contribution < 1.29 is 4.74 Å². The number of aromatic nitrogens is 2. The fraction of sp³-hybridized carbons (Fsp3) is 0.565. The van der Waals surface area contributed by atoms with Crippen molar-refractivity contribution in [1.29, 1.82) is 0 Å². The van der Waals surface area contributed by atoms with Crippen molar-refractivity contribution in [3.63, 3.8) is 0 Å². The van der Waals surface area contributed by atoms with Crippen LogP contribution in [0.1, 0.15) is 71.6 Å². The normalized spacial score (nSPS) is 14.7. The van der Waals surface area contributed by atoms with Crippen LogP contribution >= 0.6 is 0 Å². The van der Waals surface area contributed by atoms with Crippen molar-refractivity contribution in [2.45, 2.75) is 72.3 Å². The van der Waals surface area contributed by atoms with Gasteiger partial charge in [-0.2, -0.15) is 0 Å². The molecule has 27 heavy (non-hydrogen) atoms. The van der Waals surface area contributed by atoms with Gasteiger partial charge < -0.3 is 10.1 Å². The molecule has 2 aromatic heterocycles. The summed E-state index contributed by atoms with van der Waals surface area (Å²) in [4.78, 5) is 9.37. The predicted molar refractivity (Wildman–Crippen MR) is 113 cm³/mol. The monoisotopic (exact) mass is 369 g/mol. The van der Waals surface area contributed by atoms with Gasteiger partial charge in [-0.1, -0.05) is 46.6 Å². The van der Waals surface area contributed by atoms with E-state index in [1.807, 2.05) is 32.9 Å². The molecular formula is C23H35N3O. The maximum atomic E-state index is 5.69. The van der Waals surface area contributed by atoms with E-state index in [9.17, 15) is 0 Å². The van der Waals surface area contributed by atoms with E-state index in [2.05, 4.69) is 36.3 Å². The Balaban J connectivity index is 0.00000126. The molecule has 0 amide bonds. The molecule has 0 unspecified atom stereocenters. The second kappa shape index (κ2) is 10.4. The summed E-state index contributed by atoms with van der Waals surface area (Å²) in [7, 11) is 0. The van der Waals surface area contributed by atoms with Gasteiger partial charge in [-0.3, -0.25) is 4.98 Å². The van der Waals surface area contributed by atoms with Crippen LogP contribution in [0, 0.1) is 0 Å². The zero-order valence-corrected chi connectivity index (χ0v) is 17.6. The topological polar surface area (TPSA) is 47.0 Å². The van der Waals surface area contributed by atoms with E-state index in [4.69, 9.17) is 9.72 Å². The average Bonchev–Trinajstić information content (AvgIpc) is 2.71. The third kappa shape index (κ3) is 4.67. The molecule has 1 aliphatic rings. The number of nitrogens with zero attached hydrogens (tertiary/aromatic N) is 2. The Labute approximate surface area is 164 Å². The second-order valence-corrected chi connectivity index (χ2v) is 6.86. The highest BCUT2D eigenvalue weighted by atomic mass is 16.5. The van der Waals surface area contributed by atoms with Crippen molar-refractivity contribution >= 4 is 0 Å². The van der Waals surface area contributed by atoms with Crippen LogP contribution in [-0.4, -0.2) is 23.1 Å². The number of hydrogen-bond acceptors (Lipinski definition) is 4. The van der Waals surface area contributed by atoms with Crippen LogP contribution < -0.4 is 10.1 Å². The fourth-order valence-corrected chi connectivity index (χ4v) is 4.15. The van der Waals surface area contributed by atoms with Crippen molar-refractivity contribution in [2.75, 3.05) is 13.2 Å². The molecule has 148 valence electrons. The number of fused-ring (bicyclic) bond motifs is 1. The molecule has 0 saturated heterocycles. The minimum atomic E-state index is 0.223. The van der Waals surface area contributed by atoms with Crippen molar-refractivity contribution in [3.8, 4) is 17.1 Å². The summed E-state index contributed by atoms with van der Waals surface area (Å²) < 4.78 is 5.69. The Hall–Kier alpha value is -1.94. The molecule has 4 heteroatoms. The van der Waals surface area contributed by atoms with Crippen LogP contribution in [0.4, 0.5) is 0 Å². The molecule has 4 nitrogen and oxygen atoms in total. The first kappa shape index (κ1) is 21.4. The van der Waals surface area contributed by atoms with E-state index in [1.54, 1.807) is 6.20 Å². The van der Waals surface area contributed by atoms with Crippen molar-refractivity contribution in [3.05, 3.63) is 41.7 Å². The molecule has 1 N–H and O–H groups in total. The quantitative estimate of drug-likeness (QED) is 0.699. The summed E-state index contributed by atoms with van der Waals surface area (Å²) in [5.74, 6) is 0.662. The maximum absolute atomic E-state index is 5.69. The zero-order chi connectivity index (χ0) is 19.7. The van der Waals surface area contributed by atoms with Crippen molar-refractivity contribution in [1.82, 2.24) is 15.3 Å². The van der Waals surface area contributed by atoms with Gasteiger partial charge in [0.2, 0.25) is 5.88 Å². The number of pyridine rings is 2. The van der Waals surface area contributed by atoms with Gasteiger partial charge in [0.15, 0.2) is 0 Å². The van der Waals surface area contributed by atoms with E-state index >= 15 is 0 Å². The first-order valence-electron chi connectivity index (χ1n) is 10.5. The van der Waals surface area contributed by atoms with Gasteiger partial charge in [-0.25, -0.2) is 4.98 Å². The van der Waals surface area contributed by atoms with Gasteiger partial charge in [0.1, 0.15) is 0 Å². The molecule has 0 radical (unpaired) electrons. The second-order valence-electron chi connectivity index (χ2n) is 6.86. The van der Waals surface area contributed by atoms with Gasteiger partial charge in [-0.15, -0.1) is 0 Å². The highest BCUT2D eigenvalue weighted by molar-refractivity contribution is 5.65. The van der Waals surface area contributed by atoms with Crippen LogP contribution in [-0.2, 0) is 12.0 Å². The number of nitrogens with one attached hydrogen (secondary N) is 1. The SMILES string of the molecule is CC.CCCC1(CCC)CNCc2nc(-c3cccnc3OCC)ccc21. The maximum Gasteiger partial charge on any atom is 0.222 e. The van der Waals surface area contributed by atoms with Crippen LogP contribution in [0.2, 0.25) is 0 Å². The fourth-order valence-electron chi connectivity index (χ4n) is 4.15. The van der Waals surface area contributed by atoms with E-state index < -0.39 is 0 Å². The van der Waals surface area contributed by atoms with Gasteiger partial charge >= 0.3 is 0 Å². The summed E-state index contributed by atoms with van der Waals surface area (Å²) in [6, 6.07) is 8.42. The van der Waals surface area contributed by atoms with E-state index in [0.29, 0.717) is 12.5 Å². The summed E-state index contributed by atoms with van der Waals surface area (Å²) >= 11 is 0. The Kier molecular flexibility index (Phi) is 8.23. The van der Waals surface area contributed by atoms with Gasteiger partial charge in [0.05, 0.1) is 23.6 Å². The van der Waals surface area contributed by atoms with E-state index in [-0.39, 0.29) is 5.41 Å². The average molecular weight is 370 g/mol. The lowest BCUT2D eigenvalue weighted by Gasteiger charge is -2.39. The molecule has 3 rings (SSSR count). The lowest BCUT2D eigenvalue weighted by Crippen LogP contribution is -2.43. The minimum absolute atomic E-state index is 0.223. The van der Waals surface area contributed by atoms with Gasteiger partial charge in [-0.05, 0) is 43.5 Å². The first-order chi connectivity index (χ1) is 13.2. The van der Waals surface area contributed by atoms with E-state index in [1.165, 1.54) is 36.9 Å². The number of hydrogen-bond donors (Lipinski definition) is 1. The Morgan fingerprint density at radius 1 is 1.07 bits per heavy atom. The van der Waals surface area contributed by atoms with E-state index in [0.717, 1.165) is 24.3 Å². The molecule has 0 spiro atoms. The van der Waals surface area contributed by atoms with Gasteiger partial charge in [0.25, 0.3) is 0 Å². The minimum Gasteiger partial charge on any atom is -0.477 e. The summed E-state index contributed by atoms with van der Waals surface area (Å²) in [6.07, 6.45) is 6.57. The standard InChI is InChI=1S/C21H29N3O.C2H6/c1-4-11-21(12-5-2)15-22-14-19-17(21)9-10-18(24-19)16-8-7-13-23-20(16)25-6-3;1-2/h7-10,13,22H,4-6,11-12,14-15H2,1-3H3;1-2H3. The molecule has 0 bridgehead atoms. The molecule has 0 atom stereocenters. The summed E-state index contributed by atoms with van der Waals surface area (Å²) in [5, 5.41) is 3.61. The molecule has 0 fully saturated rings. The largest absolute Gasteiger partial charge is 0.477 e. The molecular weight excluding hydrogens is 334 g/mol. The molecule has 2 aromatic rings. The Morgan fingerprint density at radius 3 is 2.48 bits per heavy atom. The number of ether oxygens (including phenoxy) is 1. The van der Waals surface area contributed by atoms with Crippen LogP contribution in [0.5, 0.6) is 5.88 Å². The van der Waals surface area contributed by atoms with Gasteiger partial charge in [0, 0.05) is 24.7 Å². The molecule has 0 aromatic carbocycles. The third-order valence-electron chi connectivity index (χ3n) is 5.09. The Morgan fingerprint density at radius 2 is 1.81 bits per heavy atom. The lowest BCUT2D eigenvalue weighted by atomic mass is 9.71. The van der Waals surface area contributed by atoms with Crippen LogP contribution in [0.25, 0.3) is 11.3 Å². The highest BCUT2D eigenvalue weighted by Gasteiger charge is 2.35. The van der Waals surface area contributed by atoms with Crippen molar-refractivity contribution in [2.24, 2.45) is 0 Å². The molecule has 3 heterocycles. The van der Waals surface area contributed by atoms with Crippen LogP contribution in [0.15, 0.2) is 30.5 Å². The highest BCUT2D eigenvalue weighted by Crippen LogP contribution is 2.39. The predicted octanol–water partition coefficient (Wildman–Crippen LogP) is 5.51. The Bertz CT molecular complexity index is 709.